The first-order chi connectivity index (χ1) is 11.3. The van der Waals surface area contributed by atoms with Crippen molar-refractivity contribution in [3.8, 4) is 11.3 Å². The molecule has 0 aliphatic carbocycles. The van der Waals surface area contributed by atoms with Gasteiger partial charge in [-0.05, 0) is 31.2 Å². The molecular weight excluding hydrogens is 343 g/mol. The third-order valence-electron chi connectivity index (χ3n) is 3.37. The lowest BCUT2D eigenvalue weighted by Crippen LogP contribution is -2.15. The van der Waals surface area contributed by atoms with Gasteiger partial charge in [-0.3, -0.25) is 4.98 Å². The molecule has 9 heteroatoms. The molecule has 3 aromatic heterocycles. The number of rotatable bonds is 3. The normalized spacial score (nSPS) is 11.7. The van der Waals surface area contributed by atoms with Crippen LogP contribution in [0.5, 0.6) is 0 Å². The van der Waals surface area contributed by atoms with E-state index in [4.69, 9.17) is 0 Å². The van der Waals surface area contributed by atoms with Crippen molar-refractivity contribution >= 4 is 10.0 Å². The zero-order chi connectivity index (χ0) is 17.5. The lowest BCUT2D eigenvalue weighted by atomic mass is 10.2. The third kappa shape index (κ3) is 2.56. The second-order valence-corrected chi connectivity index (χ2v) is 6.71. The number of aryl methyl sites for hydroxylation is 1. The molecule has 0 amide bonds. The number of hydrogen-bond donors (Lipinski definition) is 0. The summed E-state index contributed by atoms with van der Waals surface area (Å²) in [5.41, 5.74) is -0.836. The van der Waals surface area contributed by atoms with Crippen molar-refractivity contribution in [1.29, 1.82) is 0 Å². The van der Waals surface area contributed by atoms with E-state index in [0.29, 0.717) is 3.97 Å². The van der Waals surface area contributed by atoms with Gasteiger partial charge in [0, 0.05) is 18.6 Å². The summed E-state index contributed by atoms with van der Waals surface area (Å²) >= 11 is 0. The van der Waals surface area contributed by atoms with Crippen LogP contribution >= 0.6 is 0 Å². The van der Waals surface area contributed by atoms with Crippen LogP contribution < -0.4 is 0 Å². The van der Waals surface area contributed by atoms with Gasteiger partial charge in [-0.15, -0.1) is 0 Å². The number of hydrogen-bond acceptors (Lipinski definition) is 4. The highest BCUT2D eigenvalue weighted by molar-refractivity contribution is 7.90. The van der Waals surface area contributed by atoms with E-state index < -0.39 is 38.2 Å². The smallest absolute Gasteiger partial charge is 0.257 e. The first-order valence-corrected chi connectivity index (χ1v) is 8.12. The molecule has 3 heterocycles. The molecule has 0 bridgehead atoms. The standard InChI is InChI=1S/C15H10F3N3O2S/c1-9-13(17)7-10(8-20-9)24(22,23)21-6-4-12(16)14(21)11-3-2-5-19-15(11)18/h2-8H,1H3. The summed E-state index contributed by atoms with van der Waals surface area (Å²) < 4.78 is 67.5. The van der Waals surface area contributed by atoms with Crippen LogP contribution in [0.2, 0.25) is 0 Å². The van der Waals surface area contributed by atoms with E-state index in [1.807, 2.05) is 0 Å². The van der Waals surface area contributed by atoms with Crippen molar-refractivity contribution in [3.05, 3.63) is 66.1 Å². The van der Waals surface area contributed by atoms with Gasteiger partial charge in [-0.2, -0.15) is 4.39 Å². The van der Waals surface area contributed by atoms with Gasteiger partial charge in [-0.25, -0.2) is 26.2 Å². The number of aromatic nitrogens is 3. The molecule has 0 fully saturated rings. The molecule has 0 saturated heterocycles. The minimum absolute atomic E-state index is 0.0196. The Morgan fingerprint density at radius 3 is 2.50 bits per heavy atom. The fourth-order valence-electron chi connectivity index (χ4n) is 2.15. The van der Waals surface area contributed by atoms with Crippen molar-refractivity contribution in [2.45, 2.75) is 11.8 Å². The first-order valence-electron chi connectivity index (χ1n) is 6.68. The lowest BCUT2D eigenvalue weighted by Gasteiger charge is -2.11. The van der Waals surface area contributed by atoms with Crippen LogP contribution in [0.15, 0.2) is 47.8 Å². The summed E-state index contributed by atoms with van der Waals surface area (Å²) in [6.45, 7) is 1.37. The summed E-state index contributed by atoms with van der Waals surface area (Å²) in [5, 5.41) is 0. The largest absolute Gasteiger partial charge is 0.269 e. The fraction of sp³-hybridized carbons (Fsp3) is 0.0667. The Bertz CT molecular complexity index is 1030. The van der Waals surface area contributed by atoms with Crippen LogP contribution in [0, 0.1) is 24.5 Å². The van der Waals surface area contributed by atoms with Gasteiger partial charge >= 0.3 is 0 Å². The van der Waals surface area contributed by atoms with E-state index in [2.05, 4.69) is 9.97 Å². The fourth-order valence-corrected chi connectivity index (χ4v) is 3.46. The Hall–Kier alpha value is -2.68. The Kier molecular flexibility index (Phi) is 3.88. The monoisotopic (exact) mass is 353 g/mol. The van der Waals surface area contributed by atoms with Crippen molar-refractivity contribution in [2.24, 2.45) is 0 Å². The molecule has 0 saturated carbocycles. The predicted octanol–water partition coefficient (Wildman–Crippen LogP) is 2.91. The molecule has 0 aliphatic heterocycles. The van der Waals surface area contributed by atoms with Crippen molar-refractivity contribution in [1.82, 2.24) is 13.9 Å². The minimum Gasteiger partial charge on any atom is -0.257 e. The first kappa shape index (κ1) is 16.2. The van der Waals surface area contributed by atoms with Gasteiger partial charge in [-0.1, -0.05) is 0 Å². The minimum atomic E-state index is -4.37. The molecule has 0 aromatic carbocycles. The molecule has 3 aromatic rings. The Morgan fingerprint density at radius 1 is 1.08 bits per heavy atom. The Balaban J connectivity index is 2.24. The van der Waals surface area contributed by atoms with E-state index >= 15 is 0 Å². The average molecular weight is 353 g/mol. The Morgan fingerprint density at radius 2 is 1.83 bits per heavy atom. The number of nitrogens with zero attached hydrogens (tertiary/aromatic N) is 3. The van der Waals surface area contributed by atoms with E-state index in [1.165, 1.54) is 19.1 Å². The molecule has 24 heavy (non-hydrogen) atoms. The second kappa shape index (κ2) is 5.75. The van der Waals surface area contributed by atoms with Crippen molar-refractivity contribution in [3.63, 3.8) is 0 Å². The highest BCUT2D eigenvalue weighted by Crippen LogP contribution is 2.29. The summed E-state index contributed by atoms with van der Waals surface area (Å²) in [6.07, 6.45) is 3.02. The molecule has 3 rings (SSSR count). The van der Waals surface area contributed by atoms with Crippen molar-refractivity contribution < 1.29 is 21.6 Å². The molecule has 0 aliphatic rings. The van der Waals surface area contributed by atoms with Crippen LogP contribution in [0.25, 0.3) is 11.3 Å². The summed E-state index contributed by atoms with van der Waals surface area (Å²) in [5.74, 6) is -2.80. The van der Waals surface area contributed by atoms with Crippen LogP contribution in [0.3, 0.4) is 0 Å². The molecule has 0 radical (unpaired) electrons. The predicted molar refractivity (Wildman–Crippen MR) is 79.1 cm³/mol. The number of halogens is 3. The zero-order valence-electron chi connectivity index (χ0n) is 12.2. The molecule has 0 unspecified atom stereocenters. The summed E-state index contributed by atoms with van der Waals surface area (Å²) in [4.78, 5) is 6.55. The summed E-state index contributed by atoms with van der Waals surface area (Å²) in [6, 6.07) is 4.19. The molecule has 124 valence electrons. The molecule has 0 atom stereocenters. The van der Waals surface area contributed by atoms with Gasteiger partial charge in [0.2, 0.25) is 5.95 Å². The topological polar surface area (TPSA) is 64.8 Å². The highest BCUT2D eigenvalue weighted by atomic mass is 32.2. The van der Waals surface area contributed by atoms with Gasteiger partial charge < -0.3 is 0 Å². The average Bonchev–Trinajstić information content (AvgIpc) is 2.93. The van der Waals surface area contributed by atoms with Gasteiger partial charge in [0.25, 0.3) is 10.0 Å². The van der Waals surface area contributed by atoms with E-state index in [-0.39, 0.29) is 11.3 Å². The SMILES string of the molecule is Cc1ncc(S(=O)(=O)n2ccc(F)c2-c2cccnc2F)cc1F. The van der Waals surface area contributed by atoms with Crippen LogP contribution in [-0.4, -0.2) is 22.4 Å². The molecule has 0 spiro atoms. The number of pyridine rings is 2. The Labute approximate surface area is 135 Å². The van der Waals surface area contributed by atoms with Gasteiger partial charge in [0.15, 0.2) is 0 Å². The zero-order valence-corrected chi connectivity index (χ0v) is 13.1. The van der Waals surface area contributed by atoms with Gasteiger partial charge in [0.1, 0.15) is 22.2 Å². The third-order valence-corrected chi connectivity index (χ3v) is 5.02. The van der Waals surface area contributed by atoms with E-state index in [1.54, 1.807) is 0 Å². The molecule has 5 nitrogen and oxygen atoms in total. The van der Waals surface area contributed by atoms with Crippen LogP contribution in [-0.2, 0) is 10.0 Å². The van der Waals surface area contributed by atoms with Crippen molar-refractivity contribution in [2.75, 3.05) is 0 Å². The quantitative estimate of drug-likeness (QED) is 0.679. The van der Waals surface area contributed by atoms with E-state index in [9.17, 15) is 21.6 Å². The van der Waals surface area contributed by atoms with Gasteiger partial charge in [0.05, 0.1) is 11.3 Å². The molecule has 0 N–H and O–H groups in total. The maximum absolute atomic E-state index is 14.1. The van der Waals surface area contributed by atoms with E-state index in [0.717, 1.165) is 30.7 Å². The van der Waals surface area contributed by atoms with Crippen LogP contribution in [0.1, 0.15) is 5.69 Å². The van der Waals surface area contributed by atoms with Crippen LogP contribution in [0.4, 0.5) is 13.2 Å². The molecular formula is C15H10F3N3O2S. The second-order valence-electron chi connectivity index (χ2n) is 4.89. The lowest BCUT2D eigenvalue weighted by molar-refractivity contribution is 0.573. The maximum atomic E-state index is 14.1. The highest BCUT2D eigenvalue weighted by Gasteiger charge is 2.26. The maximum Gasteiger partial charge on any atom is 0.269 e. The summed E-state index contributed by atoms with van der Waals surface area (Å²) in [7, 11) is -4.37.